The Morgan fingerprint density at radius 2 is 1.83 bits per heavy atom. The predicted molar refractivity (Wildman–Crippen MR) is 142 cm³/mol. The first-order chi connectivity index (χ1) is 17.5. The number of anilines is 1. The van der Waals surface area contributed by atoms with Gasteiger partial charge < -0.3 is 24.8 Å². The minimum atomic E-state index is -0.173. The Labute approximate surface area is 212 Å². The van der Waals surface area contributed by atoms with Crippen LogP contribution in [0.4, 0.5) is 5.82 Å². The lowest BCUT2D eigenvalue weighted by molar-refractivity contribution is 0.0775. The maximum absolute atomic E-state index is 12.9. The van der Waals surface area contributed by atoms with E-state index in [1.165, 1.54) is 24.8 Å². The molecule has 0 aliphatic carbocycles. The second kappa shape index (κ2) is 11.7. The highest BCUT2D eigenvalue weighted by Crippen LogP contribution is 2.20. The van der Waals surface area contributed by atoms with Crippen molar-refractivity contribution < 1.29 is 14.4 Å². The third-order valence-electron chi connectivity index (χ3n) is 6.74. The van der Waals surface area contributed by atoms with E-state index in [2.05, 4.69) is 31.7 Å². The number of aromatic nitrogens is 2. The van der Waals surface area contributed by atoms with E-state index in [-0.39, 0.29) is 18.2 Å². The Bertz CT molecular complexity index is 1210. The molecule has 1 aliphatic heterocycles. The molecule has 0 unspecified atom stereocenters. The molecule has 1 aliphatic rings. The van der Waals surface area contributed by atoms with Gasteiger partial charge in [-0.3, -0.25) is 4.79 Å². The van der Waals surface area contributed by atoms with E-state index >= 15 is 0 Å². The number of amidine groups is 1. The van der Waals surface area contributed by atoms with Gasteiger partial charge in [-0.2, -0.15) is 0 Å². The van der Waals surface area contributed by atoms with E-state index in [0.29, 0.717) is 5.56 Å². The Morgan fingerprint density at radius 1 is 1.08 bits per heavy atom. The van der Waals surface area contributed by atoms with Gasteiger partial charge in [0.1, 0.15) is 11.6 Å². The van der Waals surface area contributed by atoms with Crippen molar-refractivity contribution in [2.45, 2.75) is 46.1 Å². The third kappa shape index (κ3) is 6.05. The summed E-state index contributed by atoms with van der Waals surface area (Å²) in [5, 5.41) is 4.01. The van der Waals surface area contributed by atoms with Gasteiger partial charge in [0.25, 0.3) is 0 Å². The van der Waals surface area contributed by atoms with E-state index in [1.54, 1.807) is 19.4 Å². The molecule has 0 radical (unpaired) electrons. The van der Waals surface area contributed by atoms with Gasteiger partial charge in [-0.15, -0.1) is 0 Å². The number of ketones is 1. The molecule has 0 atom stereocenters. The van der Waals surface area contributed by atoms with Crippen molar-refractivity contribution in [3.05, 3.63) is 76.7 Å². The fraction of sp³-hybridized carbons (Fsp3) is 0.393. The zero-order valence-corrected chi connectivity index (χ0v) is 21.4. The first-order valence-electron chi connectivity index (χ1n) is 12.5. The van der Waals surface area contributed by atoms with Crippen LogP contribution in [0.1, 0.15) is 52.1 Å². The molecule has 3 heterocycles. The molecule has 8 nitrogen and oxygen atoms in total. The topological polar surface area (TPSA) is 95.0 Å². The van der Waals surface area contributed by atoms with Crippen LogP contribution in [0.5, 0.6) is 5.75 Å². The van der Waals surface area contributed by atoms with Crippen LogP contribution in [0, 0.1) is 13.8 Å². The van der Waals surface area contributed by atoms with Crippen molar-refractivity contribution in [3.63, 3.8) is 0 Å². The van der Waals surface area contributed by atoms with Crippen LogP contribution in [-0.4, -0.2) is 48.0 Å². The molecule has 0 saturated carbocycles. The SMILES string of the molecule is COc1ccc(CCn2c(C)cc(C(=O)CO/N=C(\N)c3ccnc(N4CCCCC4)c3)c2C)cc1. The monoisotopic (exact) mass is 489 g/mol. The maximum Gasteiger partial charge on any atom is 0.204 e. The number of oxime groups is 1. The number of nitrogens with two attached hydrogens (primary N) is 1. The number of rotatable bonds is 10. The molecule has 1 fully saturated rings. The van der Waals surface area contributed by atoms with E-state index in [9.17, 15) is 4.79 Å². The molecule has 0 bridgehead atoms. The van der Waals surface area contributed by atoms with Gasteiger partial charge in [0.15, 0.2) is 12.4 Å². The Hall–Kier alpha value is -3.81. The molecular formula is C28H35N5O3. The molecule has 3 aromatic rings. The maximum atomic E-state index is 12.9. The van der Waals surface area contributed by atoms with Gasteiger partial charge in [-0.05, 0) is 75.4 Å². The highest BCUT2D eigenvalue weighted by atomic mass is 16.6. The van der Waals surface area contributed by atoms with Crippen molar-refractivity contribution in [1.29, 1.82) is 0 Å². The van der Waals surface area contributed by atoms with Gasteiger partial charge in [0.2, 0.25) is 5.78 Å². The fourth-order valence-electron chi connectivity index (χ4n) is 4.63. The molecule has 0 amide bonds. The molecular weight excluding hydrogens is 454 g/mol. The minimum Gasteiger partial charge on any atom is -0.497 e. The van der Waals surface area contributed by atoms with Gasteiger partial charge in [0.05, 0.1) is 7.11 Å². The average Bonchev–Trinajstić information content (AvgIpc) is 3.21. The van der Waals surface area contributed by atoms with Crippen molar-refractivity contribution in [2.24, 2.45) is 10.9 Å². The smallest absolute Gasteiger partial charge is 0.204 e. The van der Waals surface area contributed by atoms with Gasteiger partial charge in [-0.25, -0.2) is 4.98 Å². The summed E-state index contributed by atoms with van der Waals surface area (Å²) in [6.45, 7) is 6.58. The summed E-state index contributed by atoms with van der Waals surface area (Å²) in [5.74, 6) is 1.84. The first kappa shape index (κ1) is 25.3. The van der Waals surface area contributed by atoms with E-state index in [0.717, 1.165) is 54.6 Å². The number of piperidine rings is 1. The normalized spacial score (nSPS) is 14.1. The van der Waals surface area contributed by atoms with Crippen LogP contribution in [0.15, 0.2) is 53.8 Å². The summed E-state index contributed by atoms with van der Waals surface area (Å²) < 4.78 is 7.39. The molecule has 0 spiro atoms. The van der Waals surface area contributed by atoms with Crippen molar-refractivity contribution in [2.75, 3.05) is 31.7 Å². The van der Waals surface area contributed by atoms with Crippen molar-refractivity contribution in [1.82, 2.24) is 9.55 Å². The largest absolute Gasteiger partial charge is 0.497 e. The standard InChI is InChI=1S/C28H35N5O3/c1-20-17-25(21(2)33(20)16-12-22-7-9-24(35-3)10-8-22)26(34)19-36-31-28(29)23-11-13-30-27(18-23)32-14-5-4-6-15-32/h7-11,13,17-18H,4-6,12,14-16,19H2,1-3H3,(H2,29,31). The number of ether oxygens (including phenoxy) is 1. The predicted octanol–water partition coefficient (Wildman–Crippen LogP) is 4.26. The summed E-state index contributed by atoms with van der Waals surface area (Å²) in [6.07, 6.45) is 6.18. The highest BCUT2D eigenvalue weighted by Gasteiger charge is 2.17. The second-order valence-corrected chi connectivity index (χ2v) is 9.16. The number of nitrogens with zero attached hydrogens (tertiary/aromatic N) is 4. The Morgan fingerprint density at radius 3 is 2.56 bits per heavy atom. The number of pyridine rings is 1. The lowest BCUT2D eigenvalue weighted by Gasteiger charge is -2.27. The summed E-state index contributed by atoms with van der Waals surface area (Å²) in [4.78, 5) is 25.0. The Kier molecular flexibility index (Phi) is 8.25. The van der Waals surface area contributed by atoms with E-state index in [1.807, 2.05) is 38.1 Å². The average molecular weight is 490 g/mol. The molecule has 1 aromatic carbocycles. The minimum absolute atomic E-state index is 0.126. The van der Waals surface area contributed by atoms with Crippen LogP contribution < -0.4 is 15.4 Å². The van der Waals surface area contributed by atoms with Crippen molar-refractivity contribution in [3.8, 4) is 5.75 Å². The van der Waals surface area contributed by atoms with Crippen LogP contribution >= 0.6 is 0 Å². The number of hydrogen-bond acceptors (Lipinski definition) is 6. The number of methoxy groups -OCH3 is 1. The molecule has 2 N–H and O–H groups in total. The number of benzene rings is 1. The molecule has 190 valence electrons. The summed E-state index contributed by atoms with van der Waals surface area (Å²) in [7, 11) is 1.66. The van der Waals surface area contributed by atoms with Crippen LogP contribution in [0.2, 0.25) is 0 Å². The molecule has 36 heavy (non-hydrogen) atoms. The lowest BCUT2D eigenvalue weighted by Crippen LogP contribution is -2.30. The zero-order chi connectivity index (χ0) is 25.5. The molecule has 4 rings (SSSR count). The highest BCUT2D eigenvalue weighted by molar-refractivity contribution is 5.99. The number of carbonyl (C=O) groups excluding carboxylic acids is 1. The summed E-state index contributed by atoms with van der Waals surface area (Å²) >= 11 is 0. The van der Waals surface area contributed by atoms with Gasteiger partial charge >= 0.3 is 0 Å². The number of aryl methyl sites for hydroxylation is 2. The number of Topliss-reactive ketones (excluding diaryl/α,β-unsaturated/α-hetero) is 1. The van der Waals surface area contributed by atoms with Crippen LogP contribution in [0.3, 0.4) is 0 Å². The number of carbonyl (C=O) groups is 1. The third-order valence-corrected chi connectivity index (χ3v) is 6.74. The van der Waals surface area contributed by atoms with E-state index < -0.39 is 0 Å². The van der Waals surface area contributed by atoms with Crippen LogP contribution in [0.25, 0.3) is 0 Å². The molecule has 2 aromatic heterocycles. The molecule has 1 saturated heterocycles. The zero-order valence-electron chi connectivity index (χ0n) is 21.4. The Balaban J connectivity index is 1.35. The quantitative estimate of drug-likeness (QED) is 0.198. The lowest BCUT2D eigenvalue weighted by atomic mass is 10.1. The van der Waals surface area contributed by atoms with Crippen LogP contribution in [-0.2, 0) is 17.8 Å². The second-order valence-electron chi connectivity index (χ2n) is 9.16. The molecule has 8 heteroatoms. The van der Waals surface area contributed by atoms with Gasteiger partial charge in [0, 0.05) is 48.3 Å². The fourth-order valence-corrected chi connectivity index (χ4v) is 4.63. The first-order valence-corrected chi connectivity index (χ1v) is 12.5. The summed E-state index contributed by atoms with van der Waals surface area (Å²) in [5.41, 5.74) is 10.7. The van der Waals surface area contributed by atoms with Crippen molar-refractivity contribution >= 4 is 17.4 Å². The number of hydrogen-bond donors (Lipinski definition) is 1. The van der Waals surface area contributed by atoms with Gasteiger partial charge in [-0.1, -0.05) is 17.3 Å². The van der Waals surface area contributed by atoms with E-state index in [4.69, 9.17) is 15.3 Å². The summed E-state index contributed by atoms with van der Waals surface area (Å²) in [6, 6.07) is 13.7.